The largest absolute Gasteiger partial charge is 0.494 e. The quantitative estimate of drug-likeness (QED) is 0.408. The maximum Gasteiger partial charge on any atom is 0.309 e. The zero-order valence-electron chi connectivity index (χ0n) is 16.7. The van der Waals surface area contributed by atoms with E-state index in [2.05, 4.69) is 4.98 Å². The molecule has 29 heavy (non-hydrogen) atoms. The summed E-state index contributed by atoms with van der Waals surface area (Å²) in [6, 6.07) is 12.6. The fraction of sp³-hybridized carbons (Fsp3) is 0.364. The van der Waals surface area contributed by atoms with Gasteiger partial charge in [-0.15, -0.1) is 0 Å². The summed E-state index contributed by atoms with van der Waals surface area (Å²) in [5.41, 5.74) is 0.593. The highest BCUT2D eigenvalue weighted by Crippen LogP contribution is 2.24. The number of ether oxygens (including phenoxy) is 3. The molecule has 1 heterocycles. The molecule has 156 valence electrons. The molecule has 2 aromatic rings. The van der Waals surface area contributed by atoms with Gasteiger partial charge in [-0.2, -0.15) is 0 Å². The summed E-state index contributed by atoms with van der Waals surface area (Å²) in [4.78, 5) is 16.8. The molecule has 1 aromatic carbocycles. The molecule has 0 aliphatic heterocycles. The van der Waals surface area contributed by atoms with Crippen molar-refractivity contribution >= 4 is 29.2 Å². The van der Waals surface area contributed by atoms with Crippen LogP contribution in [0.3, 0.4) is 0 Å². The zero-order chi connectivity index (χ0) is 21.2. The first-order chi connectivity index (χ1) is 13.9. The normalized spacial score (nSPS) is 11.7. The number of carbonyl (C=O) groups is 1. The second-order valence-electron chi connectivity index (χ2n) is 6.66. The Balaban J connectivity index is 1.96. The number of benzene rings is 1. The molecule has 0 radical (unpaired) electrons. The Morgan fingerprint density at radius 1 is 1.10 bits per heavy atom. The smallest absolute Gasteiger partial charge is 0.309 e. The monoisotopic (exact) mass is 437 g/mol. The van der Waals surface area contributed by atoms with Gasteiger partial charge in [-0.1, -0.05) is 49.2 Å². The van der Waals surface area contributed by atoms with Crippen molar-refractivity contribution in [2.75, 3.05) is 6.61 Å². The molecule has 0 saturated carbocycles. The first-order valence-electron chi connectivity index (χ1n) is 9.43. The van der Waals surface area contributed by atoms with Crippen LogP contribution >= 0.6 is 23.2 Å². The van der Waals surface area contributed by atoms with Crippen molar-refractivity contribution in [3.05, 3.63) is 58.7 Å². The van der Waals surface area contributed by atoms with E-state index in [1.54, 1.807) is 24.3 Å². The van der Waals surface area contributed by atoms with Crippen LogP contribution in [0.5, 0.6) is 17.4 Å². The second kappa shape index (κ2) is 11.7. The highest BCUT2D eigenvalue weighted by atomic mass is 35.5. The van der Waals surface area contributed by atoms with Gasteiger partial charge in [0, 0.05) is 6.07 Å². The molecule has 5 nitrogen and oxygen atoms in total. The summed E-state index contributed by atoms with van der Waals surface area (Å²) in [6.45, 7) is 6.49. The summed E-state index contributed by atoms with van der Waals surface area (Å²) in [5.74, 6) is 1.28. The van der Waals surface area contributed by atoms with Crippen LogP contribution in [-0.2, 0) is 16.1 Å². The lowest BCUT2D eigenvalue weighted by atomic mass is 9.93. The second-order valence-corrected chi connectivity index (χ2v) is 7.67. The minimum absolute atomic E-state index is 0.0564. The number of carbonyl (C=O) groups excluding carboxylic acids is 1. The topological polar surface area (TPSA) is 57.7 Å². The number of allylic oxidation sites excluding steroid dienone is 1. The molecule has 0 spiro atoms. The summed E-state index contributed by atoms with van der Waals surface area (Å²) < 4.78 is 16.8. The predicted octanol–water partition coefficient (Wildman–Crippen LogP) is 6.30. The summed E-state index contributed by atoms with van der Waals surface area (Å²) in [5, 5.41) is 0. The van der Waals surface area contributed by atoms with Crippen LogP contribution in [0.4, 0.5) is 0 Å². The highest BCUT2D eigenvalue weighted by molar-refractivity contribution is 6.55. The lowest BCUT2D eigenvalue weighted by Gasteiger charge is -2.17. The molecule has 0 N–H and O–H groups in total. The minimum atomic E-state index is -0.328. The number of aromatic nitrogens is 1. The minimum Gasteiger partial charge on any atom is -0.494 e. The third-order valence-corrected chi connectivity index (χ3v) is 4.44. The summed E-state index contributed by atoms with van der Waals surface area (Å²) >= 11 is 11.3. The van der Waals surface area contributed by atoms with Crippen molar-refractivity contribution in [1.82, 2.24) is 4.98 Å². The first kappa shape index (κ1) is 23.0. The molecule has 1 aromatic heterocycles. The average Bonchev–Trinajstić information content (AvgIpc) is 2.68. The lowest BCUT2D eigenvalue weighted by molar-refractivity contribution is -0.151. The van der Waals surface area contributed by atoms with E-state index >= 15 is 0 Å². The molecule has 2 rings (SSSR count). The Hall–Kier alpha value is -2.24. The van der Waals surface area contributed by atoms with Crippen molar-refractivity contribution in [2.24, 2.45) is 11.8 Å². The van der Waals surface area contributed by atoms with Crippen LogP contribution < -0.4 is 9.47 Å². The van der Waals surface area contributed by atoms with Gasteiger partial charge in [-0.3, -0.25) is 4.79 Å². The average molecular weight is 438 g/mol. The molecule has 0 fully saturated rings. The van der Waals surface area contributed by atoms with Gasteiger partial charge < -0.3 is 14.2 Å². The number of hydrogen-bond donors (Lipinski definition) is 0. The molecule has 0 saturated heterocycles. The number of hydrogen-bond acceptors (Lipinski definition) is 5. The van der Waals surface area contributed by atoms with Gasteiger partial charge in [0.2, 0.25) is 5.88 Å². The SMILES string of the molecule is CCOc1ccc(Oc2cccc(COC(=O)C(CC=C(Cl)Cl)C(C)C)n2)cc1. The molecule has 7 heteroatoms. The third-order valence-electron chi connectivity index (χ3n) is 4.13. The van der Waals surface area contributed by atoms with Crippen molar-refractivity contribution < 1.29 is 19.0 Å². The van der Waals surface area contributed by atoms with Crippen molar-refractivity contribution in [2.45, 2.75) is 33.8 Å². The van der Waals surface area contributed by atoms with Crippen molar-refractivity contribution in [3.63, 3.8) is 0 Å². The Kier molecular flexibility index (Phi) is 9.29. The van der Waals surface area contributed by atoms with Gasteiger partial charge in [-0.25, -0.2) is 4.98 Å². The van der Waals surface area contributed by atoms with Crippen LogP contribution in [0.25, 0.3) is 0 Å². The summed E-state index contributed by atoms with van der Waals surface area (Å²) in [7, 11) is 0. The Morgan fingerprint density at radius 3 is 2.41 bits per heavy atom. The van der Waals surface area contributed by atoms with E-state index in [1.165, 1.54) is 0 Å². The van der Waals surface area contributed by atoms with Gasteiger partial charge >= 0.3 is 5.97 Å². The van der Waals surface area contributed by atoms with E-state index in [4.69, 9.17) is 37.4 Å². The first-order valence-corrected chi connectivity index (χ1v) is 10.2. The molecule has 0 bridgehead atoms. The maximum atomic E-state index is 12.4. The fourth-order valence-electron chi connectivity index (χ4n) is 2.59. The van der Waals surface area contributed by atoms with Crippen LogP contribution in [0.15, 0.2) is 53.0 Å². The molecule has 0 amide bonds. The Morgan fingerprint density at radius 2 is 1.79 bits per heavy atom. The molecular formula is C22H25Cl2NO4. The number of nitrogens with zero attached hydrogens (tertiary/aromatic N) is 1. The molecule has 1 atom stereocenters. The molecule has 0 aliphatic carbocycles. The van der Waals surface area contributed by atoms with E-state index in [0.29, 0.717) is 30.4 Å². The van der Waals surface area contributed by atoms with E-state index in [-0.39, 0.29) is 28.9 Å². The zero-order valence-corrected chi connectivity index (χ0v) is 18.2. The van der Waals surface area contributed by atoms with E-state index in [0.717, 1.165) is 5.75 Å². The van der Waals surface area contributed by atoms with E-state index in [9.17, 15) is 4.79 Å². The standard InChI is InChI=1S/C22H25Cl2NO4/c1-4-27-17-8-10-18(11-9-17)29-21-7-5-6-16(25-21)14-28-22(26)19(15(2)3)12-13-20(23)24/h5-11,13,15,19H,4,12,14H2,1-3H3. The molecule has 1 unspecified atom stereocenters. The van der Waals surface area contributed by atoms with Gasteiger partial charge in [0.1, 0.15) is 22.6 Å². The van der Waals surface area contributed by atoms with Gasteiger partial charge in [-0.05, 0) is 49.6 Å². The molecule has 0 aliphatic rings. The lowest BCUT2D eigenvalue weighted by Crippen LogP contribution is -2.22. The van der Waals surface area contributed by atoms with Gasteiger partial charge in [0.15, 0.2) is 0 Å². The van der Waals surface area contributed by atoms with Crippen LogP contribution in [0, 0.1) is 11.8 Å². The predicted molar refractivity (Wildman–Crippen MR) is 114 cm³/mol. The highest BCUT2D eigenvalue weighted by Gasteiger charge is 2.23. The van der Waals surface area contributed by atoms with Gasteiger partial charge in [0.05, 0.1) is 18.2 Å². The Labute approximate surface area is 181 Å². The van der Waals surface area contributed by atoms with Crippen LogP contribution in [0.2, 0.25) is 0 Å². The van der Waals surface area contributed by atoms with E-state index < -0.39 is 0 Å². The maximum absolute atomic E-state index is 12.4. The van der Waals surface area contributed by atoms with E-state index in [1.807, 2.05) is 45.0 Å². The Bertz CT molecular complexity index is 818. The van der Waals surface area contributed by atoms with Crippen LogP contribution in [-0.4, -0.2) is 17.6 Å². The van der Waals surface area contributed by atoms with Gasteiger partial charge in [0.25, 0.3) is 0 Å². The van der Waals surface area contributed by atoms with Crippen molar-refractivity contribution in [1.29, 1.82) is 0 Å². The molecular weight excluding hydrogens is 413 g/mol. The summed E-state index contributed by atoms with van der Waals surface area (Å²) in [6.07, 6.45) is 2.03. The number of rotatable bonds is 10. The van der Waals surface area contributed by atoms with Crippen molar-refractivity contribution in [3.8, 4) is 17.4 Å². The third kappa shape index (κ3) is 7.95. The number of esters is 1. The number of pyridine rings is 1. The fourth-order valence-corrected chi connectivity index (χ4v) is 2.77. The number of halogens is 2. The van der Waals surface area contributed by atoms with Crippen LogP contribution in [0.1, 0.15) is 32.9 Å².